The summed E-state index contributed by atoms with van der Waals surface area (Å²) >= 11 is 5.76. The molecule has 1 aliphatic rings. The number of sulfone groups is 1. The van der Waals surface area contributed by atoms with Crippen LogP contribution in [0.2, 0.25) is 5.02 Å². The third-order valence-corrected chi connectivity index (χ3v) is 5.48. The van der Waals surface area contributed by atoms with Crippen LogP contribution in [0.4, 0.5) is 21.5 Å². The summed E-state index contributed by atoms with van der Waals surface area (Å²) in [5, 5.41) is -0.197. The fourth-order valence-electron chi connectivity index (χ4n) is 2.28. The summed E-state index contributed by atoms with van der Waals surface area (Å²) in [7, 11) is -1.45. The first-order chi connectivity index (χ1) is 8.73. The number of nitrogens with two attached hydrogens (primary N) is 2. The van der Waals surface area contributed by atoms with Crippen molar-refractivity contribution in [2.75, 3.05) is 34.9 Å². The molecule has 0 radical (unpaired) electrons. The third kappa shape index (κ3) is 2.57. The average molecular weight is 308 g/mol. The lowest BCUT2D eigenvalue weighted by Crippen LogP contribution is -2.33. The van der Waals surface area contributed by atoms with Crippen LogP contribution in [-0.2, 0) is 9.84 Å². The van der Waals surface area contributed by atoms with Crippen molar-refractivity contribution in [1.82, 2.24) is 0 Å². The van der Waals surface area contributed by atoms with E-state index in [-0.39, 0.29) is 39.6 Å². The second-order valence-corrected chi connectivity index (χ2v) is 7.31. The summed E-state index contributed by atoms with van der Waals surface area (Å²) in [6, 6.07) is 1.07. The number of hydrogen-bond acceptors (Lipinski definition) is 5. The Labute approximate surface area is 116 Å². The second-order valence-electron chi connectivity index (χ2n) is 4.70. The van der Waals surface area contributed by atoms with Gasteiger partial charge in [0.25, 0.3) is 0 Å². The number of anilines is 3. The minimum atomic E-state index is -3.06. The SMILES string of the molecule is CN(c1c(N)cc(N)c(Cl)c1F)C1CCS(=O)(=O)C1. The summed E-state index contributed by atoms with van der Waals surface area (Å²) in [5.74, 6) is -0.623. The normalized spacial score (nSPS) is 21.5. The van der Waals surface area contributed by atoms with Gasteiger partial charge in [0.1, 0.15) is 5.02 Å². The smallest absolute Gasteiger partial charge is 0.169 e. The van der Waals surface area contributed by atoms with Gasteiger partial charge < -0.3 is 16.4 Å². The van der Waals surface area contributed by atoms with Gasteiger partial charge in [-0.3, -0.25) is 0 Å². The summed E-state index contributed by atoms with van der Waals surface area (Å²) in [6.45, 7) is 0. The minimum Gasteiger partial charge on any atom is -0.397 e. The van der Waals surface area contributed by atoms with E-state index in [0.717, 1.165) is 0 Å². The van der Waals surface area contributed by atoms with Gasteiger partial charge in [-0.25, -0.2) is 12.8 Å². The third-order valence-electron chi connectivity index (χ3n) is 3.35. The summed E-state index contributed by atoms with van der Waals surface area (Å²) < 4.78 is 37.1. The highest BCUT2D eigenvalue weighted by molar-refractivity contribution is 7.91. The van der Waals surface area contributed by atoms with Crippen molar-refractivity contribution in [1.29, 1.82) is 0 Å². The first kappa shape index (κ1) is 14.2. The maximum absolute atomic E-state index is 14.1. The second kappa shape index (κ2) is 4.72. The van der Waals surface area contributed by atoms with Gasteiger partial charge in [-0.1, -0.05) is 11.6 Å². The molecule has 4 N–H and O–H groups in total. The van der Waals surface area contributed by atoms with Crippen LogP contribution >= 0.6 is 11.6 Å². The molecule has 1 saturated heterocycles. The van der Waals surface area contributed by atoms with E-state index in [2.05, 4.69) is 0 Å². The highest BCUT2D eigenvalue weighted by atomic mass is 35.5. The number of halogens is 2. The molecule has 8 heteroatoms. The predicted molar refractivity (Wildman–Crippen MR) is 75.7 cm³/mol. The molecule has 0 aromatic heterocycles. The van der Waals surface area contributed by atoms with Gasteiger partial charge >= 0.3 is 0 Å². The molecule has 1 heterocycles. The number of nitrogen functional groups attached to an aromatic ring is 2. The van der Waals surface area contributed by atoms with E-state index in [1.54, 1.807) is 7.05 Å². The fraction of sp³-hybridized carbons (Fsp3) is 0.455. The number of nitrogens with zero attached hydrogens (tertiary/aromatic N) is 1. The first-order valence-electron chi connectivity index (χ1n) is 5.69. The van der Waals surface area contributed by atoms with Crippen LogP contribution in [0.25, 0.3) is 0 Å². The number of hydrogen-bond donors (Lipinski definition) is 2. The van der Waals surface area contributed by atoms with E-state index in [0.29, 0.717) is 6.42 Å². The van der Waals surface area contributed by atoms with Gasteiger partial charge in [0.15, 0.2) is 15.7 Å². The lowest BCUT2D eigenvalue weighted by molar-refractivity contribution is 0.597. The number of rotatable bonds is 2. The molecule has 19 heavy (non-hydrogen) atoms. The van der Waals surface area contributed by atoms with Crippen molar-refractivity contribution in [2.45, 2.75) is 12.5 Å². The molecule has 1 aromatic rings. The molecule has 1 aromatic carbocycles. The molecule has 0 saturated carbocycles. The Bertz CT molecular complexity index is 621. The molecule has 5 nitrogen and oxygen atoms in total. The molecule has 2 rings (SSSR count). The fourth-order valence-corrected chi connectivity index (χ4v) is 4.20. The maximum Gasteiger partial charge on any atom is 0.169 e. The summed E-state index contributed by atoms with van der Waals surface area (Å²) in [6.07, 6.45) is 0.444. The van der Waals surface area contributed by atoms with Crippen molar-refractivity contribution >= 4 is 38.5 Å². The van der Waals surface area contributed by atoms with Crippen molar-refractivity contribution in [3.05, 3.63) is 16.9 Å². The lowest BCUT2D eigenvalue weighted by atomic mass is 10.1. The Morgan fingerprint density at radius 1 is 1.42 bits per heavy atom. The Morgan fingerprint density at radius 3 is 2.58 bits per heavy atom. The Balaban J connectivity index is 2.40. The molecule has 1 fully saturated rings. The topological polar surface area (TPSA) is 89.4 Å². The largest absolute Gasteiger partial charge is 0.397 e. The zero-order chi connectivity index (χ0) is 14.4. The van der Waals surface area contributed by atoms with E-state index in [1.165, 1.54) is 11.0 Å². The van der Waals surface area contributed by atoms with Crippen LogP contribution in [-0.4, -0.2) is 33.0 Å². The van der Waals surface area contributed by atoms with Gasteiger partial charge in [-0.2, -0.15) is 0 Å². The summed E-state index contributed by atoms with van der Waals surface area (Å²) in [5.41, 5.74) is 11.6. The van der Waals surface area contributed by atoms with E-state index < -0.39 is 15.7 Å². The van der Waals surface area contributed by atoms with Crippen LogP contribution in [0, 0.1) is 5.82 Å². The van der Waals surface area contributed by atoms with Crippen molar-refractivity contribution < 1.29 is 12.8 Å². The molecule has 0 bridgehead atoms. The average Bonchev–Trinajstić information content (AvgIpc) is 2.66. The molecule has 1 unspecified atom stereocenters. The molecule has 1 atom stereocenters. The molecule has 0 amide bonds. The van der Waals surface area contributed by atoms with Crippen LogP contribution in [0.1, 0.15) is 6.42 Å². The van der Waals surface area contributed by atoms with E-state index >= 15 is 0 Å². The zero-order valence-electron chi connectivity index (χ0n) is 10.4. The van der Waals surface area contributed by atoms with Gasteiger partial charge in [-0.05, 0) is 12.5 Å². The Morgan fingerprint density at radius 2 is 2.05 bits per heavy atom. The standard InChI is InChI=1S/C11H15ClFN3O2S/c1-16(6-2-3-19(17,18)5-6)11-8(15)4-7(14)9(12)10(11)13/h4,6H,2-3,5,14-15H2,1H3. The van der Waals surface area contributed by atoms with E-state index in [4.69, 9.17) is 23.1 Å². The molecule has 106 valence electrons. The summed E-state index contributed by atoms with van der Waals surface area (Å²) in [4.78, 5) is 1.53. The maximum atomic E-state index is 14.1. The van der Waals surface area contributed by atoms with Crippen molar-refractivity contribution in [3.63, 3.8) is 0 Å². The van der Waals surface area contributed by atoms with Crippen LogP contribution in [0.5, 0.6) is 0 Å². The van der Waals surface area contributed by atoms with Crippen LogP contribution < -0.4 is 16.4 Å². The van der Waals surface area contributed by atoms with Crippen LogP contribution in [0.3, 0.4) is 0 Å². The Hall–Kier alpha value is -1.21. The van der Waals surface area contributed by atoms with E-state index in [1.807, 2.05) is 0 Å². The van der Waals surface area contributed by atoms with Gasteiger partial charge in [-0.15, -0.1) is 0 Å². The van der Waals surface area contributed by atoms with Gasteiger partial charge in [0, 0.05) is 13.1 Å². The molecule has 0 aliphatic carbocycles. The van der Waals surface area contributed by atoms with Gasteiger partial charge in [0.2, 0.25) is 0 Å². The molecule has 0 spiro atoms. The van der Waals surface area contributed by atoms with E-state index in [9.17, 15) is 12.8 Å². The van der Waals surface area contributed by atoms with Crippen molar-refractivity contribution in [2.24, 2.45) is 0 Å². The first-order valence-corrected chi connectivity index (χ1v) is 7.89. The molecular formula is C11H15ClFN3O2S. The highest BCUT2D eigenvalue weighted by Crippen LogP contribution is 2.37. The Kier molecular flexibility index (Phi) is 3.53. The predicted octanol–water partition coefficient (Wildman–Crippen LogP) is 1.27. The lowest BCUT2D eigenvalue weighted by Gasteiger charge is -2.27. The number of benzene rings is 1. The molecule has 1 aliphatic heterocycles. The quantitative estimate of drug-likeness (QED) is 0.803. The van der Waals surface area contributed by atoms with Crippen LogP contribution in [0.15, 0.2) is 6.07 Å². The van der Waals surface area contributed by atoms with Gasteiger partial charge in [0.05, 0.1) is 28.6 Å². The monoisotopic (exact) mass is 307 g/mol. The molecular weight excluding hydrogens is 293 g/mol. The zero-order valence-corrected chi connectivity index (χ0v) is 11.9. The van der Waals surface area contributed by atoms with Crippen molar-refractivity contribution in [3.8, 4) is 0 Å². The minimum absolute atomic E-state index is 0.00955. The highest BCUT2D eigenvalue weighted by Gasteiger charge is 2.33.